The van der Waals surface area contributed by atoms with Crippen LogP contribution in [0.25, 0.3) is 0 Å². The Morgan fingerprint density at radius 1 is 1.03 bits per heavy atom. The average molecular weight is 431 g/mol. The van der Waals surface area contributed by atoms with Crippen LogP contribution in [0.15, 0.2) is 47.4 Å². The number of Topliss-reactive ketones (excluding diaryl/α,β-unsaturated/α-hetero) is 1. The van der Waals surface area contributed by atoms with Crippen molar-refractivity contribution < 1.29 is 22.7 Å². The number of nitrogens with zero attached hydrogens (tertiary/aromatic N) is 1. The molecule has 0 radical (unpaired) electrons. The summed E-state index contributed by atoms with van der Waals surface area (Å²) in [6.45, 7) is 2.97. The molecular formula is C22H26N2O5S. The number of sulfonamides is 1. The maximum atomic E-state index is 12.5. The van der Waals surface area contributed by atoms with Gasteiger partial charge in [0.2, 0.25) is 15.9 Å². The molecule has 2 aromatic carbocycles. The summed E-state index contributed by atoms with van der Waals surface area (Å²) in [4.78, 5) is 24.9. The first-order valence-electron chi connectivity index (χ1n) is 9.89. The molecule has 1 aliphatic heterocycles. The summed E-state index contributed by atoms with van der Waals surface area (Å²) in [7, 11) is -1.98. The Labute approximate surface area is 177 Å². The Bertz CT molecular complexity index is 1030. The van der Waals surface area contributed by atoms with Crippen LogP contribution in [0.3, 0.4) is 0 Å². The van der Waals surface area contributed by atoms with Gasteiger partial charge >= 0.3 is 0 Å². The SMILES string of the molecule is COc1ccc(C)cc1C(=O)CCC(=O)Nc1ccc(S(=O)(=O)N2CCCC2)cc1. The number of rotatable bonds is 8. The monoisotopic (exact) mass is 430 g/mol. The fourth-order valence-electron chi connectivity index (χ4n) is 3.41. The van der Waals surface area contributed by atoms with Crippen molar-refractivity contribution in [1.82, 2.24) is 4.31 Å². The van der Waals surface area contributed by atoms with Gasteiger partial charge in [0.1, 0.15) is 5.75 Å². The number of hydrogen-bond acceptors (Lipinski definition) is 5. The van der Waals surface area contributed by atoms with Crippen molar-refractivity contribution in [3.8, 4) is 5.75 Å². The Balaban J connectivity index is 1.57. The largest absolute Gasteiger partial charge is 0.496 e. The van der Waals surface area contributed by atoms with Gasteiger partial charge in [-0.05, 0) is 56.2 Å². The van der Waals surface area contributed by atoms with Crippen molar-refractivity contribution in [2.75, 3.05) is 25.5 Å². The molecular weight excluding hydrogens is 404 g/mol. The quantitative estimate of drug-likeness (QED) is 0.648. The van der Waals surface area contributed by atoms with E-state index < -0.39 is 10.0 Å². The summed E-state index contributed by atoms with van der Waals surface area (Å²) in [5.74, 6) is 0.00341. The number of methoxy groups -OCH3 is 1. The standard InChI is InChI=1S/C22H26N2O5S/c1-16-5-11-21(29-2)19(15-16)20(25)10-12-22(26)23-17-6-8-18(9-7-17)30(27,28)24-13-3-4-14-24/h5-9,11,15H,3-4,10,12-14H2,1-2H3,(H,23,26). The van der Waals surface area contributed by atoms with Crippen LogP contribution in [-0.2, 0) is 14.8 Å². The first-order chi connectivity index (χ1) is 14.3. The molecule has 3 rings (SSSR count). The Morgan fingerprint density at radius 2 is 1.70 bits per heavy atom. The number of nitrogens with one attached hydrogen (secondary N) is 1. The van der Waals surface area contributed by atoms with Gasteiger partial charge in [0.15, 0.2) is 5.78 Å². The van der Waals surface area contributed by atoms with E-state index in [0.717, 1.165) is 18.4 Å². The van der Waals surface area contributed by atoms with Crippen molar-refractivity contribution in [1.29, 1.82) is 0 Å². The fraction of sp³-hybridized carbons (Fsp3) is 0.364. The number of ether oxygens (including phenoxy) is 1. The Kier molecular flexibility index (Phi) is 6.89. The minimum atomic E-state index is -3.48. The molecule has 0 bridgehead atoms. The number of anilines is 1. The molecule has 1 N–H and O–H groups in total. The van der Waals surface area contributed by atoms with Gasteiger partial charge in [0, 0.05) is 31.6 Å². The van der Waals surface area contributed by atoms with Crippen molar-refractivity contribution >= 4 is 27.4 Å². The molecule has 8 heteroatoms. The average Bonchev–Trinajstić information content (AvgIpc) is 3.28. The summed E-state index contributed by atoms with van der Waals surface area (Å²) in [6, 6.07) is 11.4. The second kappa shape index (κ2) is 9.40. The van der Waals surface area contributed by atoms with Crippen LogP contribution in [-0.4, -0.2) is 44.6 Å². The van der Waals surface area contributed by atoms with Gasteiger partial charge in [-0.3, -0.25) is 9.59 Å². The lowest BCUT2D eigenvalue weighted by molar-refractivity contribution is -0.116. The lowest BCUT2D eigenvalue weighted by Crippen LogP contribution is -2.27. The van der Waals surface area contributed by atoms with Gasteiger partial charge in [0.25, 0.3) is 0 Å². The van der Waals surface area contributed by atoms with Gasteiger partial charge < -0.3 is 10.1 Å². The van der Waals surface area contributed by atoms with E-state index in [0.29, 0.717) is 30.1 Å². The minimum Gasteiger partial charge on any atom is -0.496 e. The highest BCUT2D eigenvalue weighted by atomic mass is 32.2. The second-order valence-corrected chi connectivity index (χ2v) is 9.25. The lowest BCUT2D eigenvalue weighted by Gasteiger charge is -2.15. The molecule has 1 fully saturated rings. The summed E-state index contributed by atoms with van der Waals surface area (Å²) < 4.78 is 31.8. The molecule has 0 aliphatic carbocycles. The van der Waals surface area contributed by atoms with Crippen LogP contribution in [0.4, 0.5) is 5.69 Å². The molecule has 1 aliphatic rings. The van der Waals surface area contributed by atoms with Gasteiger partial charge in [-0.2, -0.15) is 4.31 Å². The number of ketones is 1. The van der Waals surface area contributed by atoms with Crippen molar-refractivity contribution in [2.45, 2.75) is 37.5 Å². The van der Waals surface area contributed by atoms with Crippen LogP contribution in [0.5, 0.6) is 5.75 Å². The molecule has 1 saturated heterocycles. The van der Waals surface area contributed by atoms with E-state index in [4.69, 9.17) is 4.74 Å². The Morgan fingerprint density at radius 3 is 2.33 bits per heavy atom. The van der Waals surface area contributed by atoms with E-state index in [-0.39, 0.29) is 29.4 Å². The zero-order chi connectivity index (χ0) is 21.7. The van der Waals surface area contributed by atoms with Gasteiger partial charge in [-0.15, -0.1) is 0 Å². The molecule has 30 heavy (non-hydrogen) atoms. The van der Waals surface area contributed by atoms with E-state index in [1.54, 1.807) is 24.3 Å². The van der Waals surface area contributed by atoms with Crippen LogP contribution in [0.2, 0.25) is 0 Å². The Hall–Kier alpha value is -2.71. The van der Waals surface area contributed by atoms with E-state index in [1.165, 1.54) is 23.5 Å². The zero-order valence-electron chi connectivity index (χ0n) is 17.2. The third kappa shape index (κ3) is 5.06. The molecule has 1 heterocycles. The van der Waals surface area contributed by atoms with Crippen molar-refractivity contribution in [3.05, 3.63) is 53.6 Å². The molecule has 7 nitrogen and oxygen atoms in total. The highest BCUT2D eigenvalue weighted by Gasteiger charge is 2.27. The van der Waals surface area contributed by atoms with Gasteiger partial charge in [-0.25, -0.2) is 8.42 Å². The molecule has 2 aromatic rings. The van der Waals surface area contributed by atoms with Crippen LogP contribution in [0, 0.1) is 6.92 Å². The van der Waals surface area contributed by atoms with E-state index in [2.05, 4.69) is 5.32 Å². The van der Waals surface area contributed by atoms with Gasteiger partial charge in [0.05, 0.1) is 17.6 Å². The molecule has 1 amide bonds. The van der Waals surface area contributed by atoms with Crippen LogP contribution in [0.1, 0.15) is 41.6 Å². The minimum absolute atomic E-state index is 0.0176. The first-order valence-corrected chi connectivity index (χ1v) is 11.3. The number of amides is 1. The predicted octanol–water partition coefficient (Wildman–Crippen LogP) is 3.39. The zero-order valence-corrected chi connectivity index (χ0v) is 18.0. The summed E-state index contributed by atoms with van der Waals surface area (Å²) in [5, 5.41) is 2.71. The molecule has 0 spiro atoms. The fourth-order valence-corrected chi connectivity index (χ4v) is 4.93. The lowest BCUT2D eigenvalue weighted by atomic mass is 10.0. The predicted molar refractivity (Wildman–Crippen MR) is 114 cm³/mol. The topological polar surface area (TPSA) is 92.8 Å². The molecule has 0 aromatic heterocycles. The van der Waals surface area contributed by atoms with Crippen molar-refractivity contribution in [2.24, 2.45) is 0 Å². The maximum Gasteiger partial charge on any atom is 0.243 e. The first kappa shape index (κ1) is 22.0. The van der Waals surface area contributed by atoms with E-state index in [9.17, 15) is 18.0 Å². The highest BCUT2D eigenvalue weighted by Crippen LogP contribution is 2.23. The summed E-state index contributed by atoms with van der Waals surface area (Å²) >= 11 is 0. The highest BCUT2D eigenvalue weighted by molar-refractivity contribution is 7.89. The number of hydrogen-bond donors (Lipinski definition) is 1. The number of aryl methyl sites for hydroxylation is 1. The maximum absolute atomic E-state index is 12.5. The number of benzene rings is 2. The molecule has 0 saturated carbocycles. The van der Waals surface area contributed by atoms with Crippen molar-refractivity contribution in [3.63, 3.8) is 0 Å². The summed E-state index contributed by atoms with van der Waals surface area (Å²) in [6.07, 6.45) is 1.82. The third-order valence-corrected chi connectivity index (χ3v) is 6.99. The van der Waals surface area contributed by atoms with Gasteiger partial charge in [-0.1, -0.05) is 11.6 Å². The summed E-state index contributed by atoms with van der Waals surface area (Å²) in [5.41, 5.74) is 1.88. The van der Waals surface area contributed by atoms with Crippen LogP contribution >= 0.6 is 0 Å². The molecule has 160 valence electrons. The smallest absolute Gasteiger partial charge is 0.243 e. The third-order valence-electron chi connectivity index (χ3n) is 5.08. The van der Waals surface area contributed by atoms with Crippen LogP contribution < -0.4 is 10.1 Å². The second-order valence-electron chi connectivity index (χ2n) is 7.31. The number of carbonyl (C=O) groups is 2. The number of carbonyl (C=O) groups excluding carboxylic acids is 2. The van der Waals surface area contributed by atoms with E-state index >= 15 is 0 Å². The normalized spacial score (nSPS) is 14.5. The molecule has 0 atom stereocenters. The molecule has 0 unspecified atom stereocenters. The van der Waals surface area contributed by atoms with E-state index in [1.807, 2.05) is 13.0 Å².